The molecule has 1 saturated heterocycles. The molecule has 0 aromatic heterocycles. The van der Waals surface area contributed by atoms with Gasteiger partial charge in [0.2, 0.25) is 0 Å². The number of nitrogens with zero attached hydrogens (tertiary/aromatic N) is 1. The zero-order valence-electron chi connectivity index (χ0n) is 9.78. The van der Waals surface area contributed by atoms with Crippen LogP contribution in [0.5, 0.6) is 0 Å². The molecule has 1 heterocycles. The number of hydrogen-bond acceptors (Lipinski definition) is 4. The summed E-state index contributed by atoms with van der Waals surface area (Å²) in [6, 6.07) is 0.190. The van der Waals surface area contributed by atoms with E-state index < -0.39 is 0 Å². The molecule has 0 radical (unpaired) electrons. The Labute approximate surface area is 99.2 Å². The molecule has 2 atom stereocenters. The van der Waals surface area contributed by atoms with Crippen LogP contribution in [0.4, 0.5) is 0 Å². The predicted molar refractivity (Wildman–Crippen MR) is 69.5 cm³/mol. The molecule has 0 aromatic rings. The Morgan fingerprint density at radius 3 is 3.00 bits per heavy atom. The van der Waals surface area contributed by atoms with Crippen molar-refractivity contribution in [2.24, 2.45) is 11.7 Å². The van der Waals surface area contributed by atoms with E-state index in [1.54, 1.807) is 0 Å². The Morgan fingerprint density at radius 1 is 1.60 bits per heavy atom. The molecule has 1 unspecified atom stereocenters. The fourth-order valence-electron chi connectivity index (χ4n) is 2.04. The van der Waals surface area contributed by atoms with Crippen molar-refractivity contribution < 1.29 is 0 Å². The van der Waals surface area contributed by atoms with Crippen LogP contribution in [0.15, 0.2) is 0 Å². The molecule has 1 aliphatic heterocycles. The zero-order chi connectivity index (χ0) is 11.1. The van der Waals surface area contributed by atoms with E-state index in [0.29, 0.717) is 0 Å². The molecule has 1 rings (SSSR count). The van der Waals surface area contributed by atoms with Crippen LogP contribution >= 0.6 is 12.6 Å². The van der Waals surface area contributed by atoms with E-state index in [1.807, 2.05) is 0 Å². The SMILES string of the molecule is CC[C@H]1CCN(CCNCC(N)CS)C1. The fraction of sp³-hybridized carbons (Fsp3) is 1.00. The standard InChI is InChI=1S/C11H25N3S/c1-2-10-3-5-14(8-10)6-4-13-7-11(12)9-15/h10-11,13,15H,2-9,12H2,1H3/t10-,11?/m0/s1. The summed E-state index contributed by atoms with van der Waals surface area (Å²) in [4.78, 5) is 2.55. The third kappa shape index (κ3) is 5.20. The molecular weight excluding hydrogens is 206 g/mol. The Hall–Kier alpha value is 0.230. The van der Waals surface area contributed by atoms with Gasteiger partial charge in [0.05, 0.1) is 0 Å². The quantitative estimate of drug-likeness (QED) is 0.443. The largest absolute Gasteiger partial charge is 0.326 e. The van der Waals surface area contributed by atoms with Gasteiger partial charge in [0.1, 0.15) is 0 Å². The lowest BCUT2D eigenvalue weighted by molar-refractivity contribution is 0.320. The van der Waals surface area contributed by atoms with Gasteiger partial charge in [-0.05, 0) is 18.9 Å². The van der Waals surface area contributed by atoms with Crippen molar-refractivity contribution in [1.82, 2.24) is 10.2 Å². The van der Waals surface area contributed by atoms with Gasteiger partial charge in [0.15, 0.2) is 0 Å². The average molecular weight is 231 g/mol. The van der Waals surface area contributed by atoms with Crippen LogP contribution < -0.4 is 11.1 Å². The predicted octanol–water partition coefficient (Wildman–Crippen LogP) is 0.565. The van der Waals surface area contributed by atoms with Crippen LogP contribution in [0.25, 0.3) is 0 Å². The van der Waals surface area contributed by atoms with Gasteiger partial charge in [-0.1, -0.05) is 13.3 Å². The first-order chi connectivity index (χ1) is 7.26. The molecule has 0 saturated carbocycles. The molecule has 0 amide bonds. The maximum absolute atomic E-state index is 5.76. The van der Waals surface area contributed by atoms with Gasteiger partial charge in [-0.2, -0.15) is 12.6 Å². The van der Waals surface area contributed by atoms with Gasteiger partial charge >= 0.3 is 0 Å². The number of likely N-dealkylation sites (tertiary alicyclic amines) is 1. The number of rotatable bonds is 7. The molecule has 3 nitrogen and oxygen atoms in total. The van der Waals surface area contributed by atoms with Gasteiger partial charge in [-0.3, -0.25) is 0 Å². The minimum absolute atomic E-state index is 0.190. The van der Waals surface area contributed by atoms with Crippen molar-refractivity contribution in [3.05, 3.63) is 0 Å². The van der Waals surface area contributed by atoms with Crippen molar-refractivity contribution in [3.8, 4) is 0 Å². The van der Waals surface area contributed by atoms with E-state index in [0.717, 1.165) is 31.3 Å². The zero-order valence-corrected chi connectivity index (χ0v) is 10.7. The van der Waals surface area contributed by atoms with E-state index in [1.165, 1.54) is 25.9 Å². The molecule has 90 valence electrons. The van der Waals surface area contributed by atoms with E-state index in [2.05, 4.69) is 29.8 Å². The highest BCUT2D eigenvalue weighted by Crippen LogP contribution is 2.17. The van der Waals surface area contributed by atoms with Gasteiger partial charge in [-0.25, -0.2) is 0 Å². The minimum Gasteiger partial charge on any atom is -0.326 e. The molecule has 3 N–H and O–H groups in total. The summed E-state index contributed by atoms with van der Waals surface area (Å²) in [5.41, 5.74) is 5.76. The molecule has 0 aliphatic carbocycles. The maximum Gasteiger partial charge on any atom is 0.0254 e. The highest BCUT2D eigenvalue weighted by atomic mass is 32.1. The van der Waals surface area contributed by atoms with E-state index in [9.17, 15) is 0 Å². The van der Waals surface area contributed by atoms with Crippen molar-refractivity contribution in [2.45, 2.75) is 25.8 Å². The molecule has 1 fully saturated rings. The monoisotopic (exact) mass is 231 g/mol. The second kappa shape index (κ2) is 7.49. The van der Waals surface area contributed by atoms with Gasteiger partial charge in [0.25, 0.3) is 0 Å². The second-order valence-electron chi connectivity index (χ2n) is 4.51. The van der Waals surface area contributed by atoms with Gasteiger partial charge < -0.3 is 16.0 Å². The van der Waals surface area contributed by atoms with E-state index in [4.69, 9.17) is 5.73 Å². The van der Waals surface area contributed by atoms with Crippen LogP contribution in [-0.4, -0.2) is 49.4 Å². The number of nitrogens with one attached hydrogen (secondary N) is 1. The molecule has 0 aromatic carbocycles. The lowest BCUT2D eigenvalue weighted by Crippen LogP contribution is -2.38. The number of thiol groups is 1. The summed E-state index contributed by atoms with van der Waals surface area (Å²) in [6.07, 6.45) is 2.71. The number of nitrogens with two attached hydrogens (primary N) is 1. The first-order valence-corrected chi connectivity index (χ1v) is 6.69. The third-order valence-corrected chi connectivity index (χ3v) is 3.66. The van der Waals surface area contributed by atoms with Crippen LogP contribution in [0.1, 0.15) is 19.8 Å². The van der Waals surface area contributed by atoms with Gasteiger partial charge in [-0.15, -0.1) is 0 Å². The van der Waals surface area contributed by atoms with Crippen LogP contribution in [0, 0.1) is 5.92 Å². The minimum atomic E-state index is 0.190. The Balaban J connectivity index is 1.97. The normalized spacial score (nSPS) is 24.6. The van der Waals surface area contributed by atoms with Crippen molar-refractivity contribution in [3.63, 3.8) is 0 Å². The highest BCUT2D eigenvalue weighted by molar-refractivity contribution is 7.80. The van der Waals surface area contributed by atoms with Gasteiger partial charge in [0, 0.05) is 38.0 Å². The molecular formula is C11H25N3S. The second-order valence-corrected chi connectivity index (χ2v) is 4.88. The Kier molecular flexibility index (Phi) is 6.64. The van der Waals surface area contributed by atoms with Crippen molar-refractivity contribution in [1.29, 1.82) is 0 Å². The van der Waals surface area contributed by atoms with E-state index >= 15 is 0 Å². The third-order valence-electron chi connectivity index (χ3n) is 3.19. The topological polar surface area (TPSA) is 41.3 Å². The number of hydrogen-bond donors (Lipinski definition) is 3. The molecule has 0 spiro atoms. The average Bonchev–Trinajstić information content (AvgIpc) is 2.72. The van der Waals surface area contributed by atoms with Crippen molar-refractivity contribution in [2.75, 3.05) is 38.5 Å². The highest BCUT2D eigenvalue weighted by Gasteiger charge is 2.19. The molecule has 15 heavy (non-hydrogen) atoms. The Bertz CT molecular complexity index is 166. The summed E-state index contributed by atoms with van der Waals surface area (Å²) in [6.45, 7) is 7.95. The lowest BCUT2D eigenvalue weighted by atomic mass is 10.1. The maximum atomic E-state index is 5.76. The molecule has 0 bridgehead atoms. The van der Waals surface area contributed by atoms with Crippen LogP contribution in [-0.2, 0) is 0 Å². The Morgan fingerprint density at radius 2 is 2.40 bits per heavy atom. The summed E-state index contributed by atoms with van der Waals surface area (Å²) >= 11 is 4.15. The summed E-state index contributed by atoms with van der Waals surface area (Å²) < 4.78 is 0. The molecule has 4 heteroatoms. The summed E-state index contributed by atoms with van der Waals surface area (Å²) in [5.74, 6) is 1.69. The fourth-order valence-corrected chi connectivity index (χ4v) is 2.17. The van der Waals surface area contributed by atoms with Crippen molar-refractivity contribution >= 4 is 12.6 Å². The first-order valence-electron chi connectivity index (χ1n) is 6.05. The first kappa shape index (κ1) is 13.3. The summed E-state index contributed by atoms with van der Waals surface area (Å²) in [7, 11) is 0. The summed E-state index contributed by atoms with van der Waals surface area (Å²) in [5, 5.41) is 3.38. The van der Waals surface area contributed by atoms with E-state index in [-0.39, 0.29) is 6.04 Å². The molecule has 1 aliphatic rings. The lowest BCUT2D eigenvalue weighted by Gasteiger charge is -2.17. The smallest absolute Gasteiger partial charge is 0.0254 e. The van der Waals surface area contributed by atoms with Crippen LogP contribution in [0.2, 0.25) is 0 Å². The van der Waals surface area contributed by atoms with Crippen LogP contribution in [0.3, 0.4) is 0 Å².